The third kappa shape index (κ3) is 3.25. The lowest BCUT2D eigenvalue weighted by Crippen LogP contribution is -2.31. The van der Waals surface area contributed by atoms with E-state index >= 15 is 0 Å². The molecule has 0 fully saturated rings. The Bertz CT molecular complexity index is 621. The Morgan fingerprint density at radius 2 is 2.19 bits per heavy atom. The smallest absolute Gasteiger partial charge is 0.0643 e. The lowest BCUT2D eigenvalue weighted by Gasteiger charge is -2.31. The molecular weight excluding hydrogens is 300 g/mol. The number of para-hydroxylation sites is 1. The Morgan fingerprint density at radius 1 is 1.33 bits per heavy atom. The van der Waals surface area contributed by atoms with E-state index in [-0.39, 0.29) is 0 Å². The fraction of sp³-hybridized carbons (Fsp3) is 0.412. The van der Waals surface area contributed by atoms with Crippen molar-refractivity contribution < 1.29 is 0 Å². The van der Waals surface area contributed by atoms with Gasteiger partial charge in [0, 0.05) is 30.6 Å². The van der Waals surface area contributed by atoms with E-state index in [4.69, 9.17) is 11.6 Å². The van der Waals surface area contributed by atoms with Gasteiger partial charge in [0.2, 0.25) is 0 Å². The molecule has 112 valence electrons. The van der Waals surface area contributed by atoms with Gasteiger partial charge >= 0.3 is 0 Å². The quantitative estimate of drug-likeness (QED) is 0.894. The molecule has 0 unspecified atom stereocenters. The van der Waals surface area contributed by atoms with E-state index in [1.807, 2.05) is 23.5 Å². The maximum atomic E-state index is 6.51. The van der Waals surface area contributed by atoms with Gasteiger partial charge in [0.05, 0.1) is 10.7 Å². The van der Waals surface area contributed by atoms with E-state index in [0.717, 1.165) is 31.1 Å². The minimum atomic E-state index is 0.474. The van der Waals surface area contributed by atoms with Crippen LogP contribution in [0.15, 0.2) is 29.6 Å². The van der Waals surface area contributed by atoms with Crippen LogP contribution in [0, 0.1) is 0 Å². The van der Waals surface area contributed by atoms with Crippen molar-refractivity contribution in [2.75, 3.05) is 11.4 Å². The summed E-state index contributed by atoms with van der Waals surface area (Å²) in [7, 11) is 0. The number of anilines is 1. The van der Waals surface area contributed by atoms with Gasteiger partial charge in [-0.3, -0.25) is 0 Å². The number of fused-ring (bicyclic) bond motifs is 1. The predicted octanol–water partition coefficient (Wildman–Crippen LogP) is 4.46. The van der Waals surface area contributed by atoms with E-state index in [0.29, 0.717) is 6.04 Å². The molecule has 1 N–H and O–H groups in total. The molecule has 1 aliphatic rings. The zero-order valence-electron chi connectivity index (χ0n) is 12.5. The Balaban J connectivity index is 1.87. The minimum absolute atomic E-state index is 0.474. The third-order valence-corrected chi connectivity index (χ3v) is 5.22. The largest absolute Gasteiger partial charge is 0.365 e. The molecule has 0 bridgehead atoms. The molecule has 1 aromatic heterocycles. The summed E-state index contributed by atoms with van der Waals surface area (Å²) in [5, 5.41) is 6.55. The van der Waals surface area contributed by atoms with Crippen LogP contribution in [0.5, 0.6) is 0 Å². The summed E-state index contributed by atoms with van der Waals surface area (Å²) in [6.07, 6.45) is 1.12. The summed E-state index contributed by atoms with van der Waals surface area (Å²) in [6.45, 7) is 7.22. The zero-order valence-corrected chi connectivity index (χ0v) is 14.1. The van der Waals surface area contributed by atoms with Gasteiger partial charge in [-0.2, -0.15) is 0 Å². The van der Waals surface area contributed by atoms with Crippen molar-refractivity contribution in [3.05, 3.63) is 50.7 Å². The topological polar surface area (TPSA) is 15.3 Å². The maximum absolute atomic E-state index is 6.51. The standard InChI is InChI=1S/C17H21ClN2S/c1-12(2)19-10-13-4-3-5-15(18)17(13)20-8-6-16-14(11-20)7-9-21-16/h3-5,7,9,12,19H,6,8,10-11H2,1-2H3. The molecule has 0 amide bonds. The molecule has 0 spiro atoms. The molecule has 2 heterocycles. The number of thiophene rings is 1. The molecule has 0 radical (unpaired) electrons. The SMILES string of the molecule is CC(C)NCc1cccc(Cl)c1N1CCc2sccc2C1. The monoisotopic (exact) mass is 320 g/mol. The van der Waals surface area contributed by atoms with Gasteiger partial charge in [0.25, 0.3) is 0 Å². The second kappa shape index (κ2) is 6.39. The summed E-state index contributed by atoms with van der Waals surface area (Å²) in [4.78, 5) is 3.95. The Morgan fingerprint density at radius 3 is 3.00 bits per heavy atom. The first-order valence-corrected chi connectivity index (χ1v) is 8.72. The maximum Gasteiger partial charge on any atom is 0.0643 e. The molecule has 2 aromatic rings. The fourth-order valence-corrected chi connectivity index (χ4v) is 4.01. The first kappa shape index (κ1) is 14.9. The summed E-state index contributed by atoms with van der Waals surface area (Å²) in [6, 6.07) is 8.94. The van der Waals surface area contributed by atoms with Crippen LogP contribution in [-0.2, 0) is 19.5 Å². The average molecular weight is 321 g/mol. The first-order chi connectivity index (χ1) is 10.1. The van der Waals surface area contributed by atoms with Gasteiger partial charge in [-0.05, 0) is 35.1 Å². The van der Waals surface area contributed by atoms with Crippen LogP contribution in [0.3, 0.4) is 0 Å². The molecule has 4 heteroatoms. The average Bonchev–Trinajstić information content (AvgIpc) is 2.92. The second-order valence-corrected chi connectivity index (χ2v) is 7.23. The molecule has 2 nitrogen and oxygen atoms in total. The van der Waals surface area contributed by atoms with Crippen molar-refractivity contribution in [3.63, 3.8) is 0 Å². The predicted molar refractivity (Wildman–Crippen MR) is 92.5 cm³/mol. The van der Waals surface area contributed by atoms with Crippen LogP contribution >= 0.6 is 22.9 Å². The molecule has 0 atom stereocenters. The molecular formula is C17H21ClN2S. The lowest BCUT2D eigenvalue weighted by molar-refractivity contribution is 0.587. The molecule has 0 saturated heterocycles. The van der Waals surface area contributed by atoms with Crippen LogP contribution in [0.1, 0.15) is 29.9 Å². The van der Waals surface area contributed by atoms with E-state index in [9.17, 15) is 0 Å². The number of hydrogen-bond donors (Lipinski definition) is 1. The summed E-state index contributed by atoms with van der Waals surface area (Å²) < 4.78 is 0. The Hall–Kier alpha value is -1.03. The van der Waals surface area contributed by atoms with Crippen molar-refractivity contribution in [2.24, 2.45) is 0 Å². The number of benzene rings is 1. The number of hydrogen-bond acceptors (Lipinski definition) is 3. The Kier molecular flexibility index (Phi) is 4.53. The lowest BCUT2D eigenvalue weighted by atomic mass is 10.1. The van der Waals surface area contributed by atoms with E-state index in [1.54, 1.807) is 0 Å². The van der Waals surface area contributed by atoms with Crippen LogP contribution in [-0.4, -0.2) is 12.6 Å². The number of rotatable bonds is 4. The molecule has 1 aliphatic heterocycles. The number of halogens is 1. The van der Waals surface area contributed by atoms with Gasteiger partial charge in [-0.15, -0.1) is 11.3 Å². The highest BCUT2D eigenvalue weighted by Gasteiger charge is 2.21. The highest BCUT2D eigenvalue weighted by Crippen LogP contribution is 2.34. The van der Waals surface area contributed by atoms with Gasteiger partial charge in [0.15, 0.2) is 0 Å². The second-order valence-electron chi connectivity index (χ2n) is 5.82. The fourth-order valence-electron chi connectivity index (χ4n) is 2.81. The molecule has 21 heavy (non-hydrogen) atoms. The van der Waals surface area contributed by atoms with Crippen LogP contribution < -0.4 is 10.2 Å². The van der Waals surface area contributed by atoms with Gasteiger partial charge < -0.3 is 10.2 Å². The van der Waals surface area contributed by atoms with Crippen molar-refractivity contribution in [2.45, 2.75) is 39.4 Å². The van der Waals surface area contributed by atoms with Gasteiger partial charge in [0.1, 0.15) is 0 Å². The van der Waals surface area contributed by atoms with Crippen molar-refractivity contribution in [1.82, 2.24) is 5.32 Å². The van der Waals surface area contributed by atoms with Crippen molar-refractivity contribution in [1.29, 1.82) is 0 Å². The van der Waals surface area contributed by atoms with Crippen LogP contribution in [0.4, 0.5) is 5.69 Å². The highest BCUT2D eigenvalue weighted by molar-refractivity contribution is 7.10. The normalized spacial score (nSPS) is 14.6. The van der Waals surface area contributed by atoms with Gasteiger partial charge in [-0.1, -0.05) is 37.6 Å². The van der Waals surface area contributed by atoms with Crippen molar-refractivity contribution in [3.8, 4) is 0 Å². The van der Waals surface area contributed by atoms with E-state index < -0.39 is 0 Å². The number of nitrogens with zero attached hydrogens (tertiary/aromatic N) is 1. The number of nitrogens with one attached hydrogen (secondary N) is 1. The molecule has 3 rings (SSSR count). The zero-order chi connectivity index (χ0) is 14.8. The van der Waals surface area contributed by atoms with E-state index in [1.165, 1.54) is 21.7 Å². The molecule has 1 aromatic carbocycles. The summed E-state index contributed by atoms with van der Waals surface area (Å²) >= 11 is 8.39. The van der Waals surface area contributed by atoms with Gasteiger partial charge in [-0.25, -0.2) is 0 Å². The van der Waals surface area contributed by atoms with Crippen molar-refractivity contribution >= 4 is 28.6 Å². The summed E-state index contributed by atoms with van der Waals surface area (Å²) in [5.41, 5.74) is 3.94. The first-order valence-electron chi connectivity index (χ1n) is 7.46. The third-order valence-electron chi connectivity index (χ3n) is 3.90. The Labute approximate surface area is 135 Å². The van der Waals surface area contributed by atoms with Crippen LogP contribution in [0.2, 0.25) is 5.02 Å². The molecule has 0 aliphatic carbocycles. The minimum Gasteiger partial charge on any atom is -0.365 e. The van der Waals surface area contributed by atoms with E-state index in [2.05, 4.69) is 41.6 Å². The molecule has 0 saturated carbocycles. The summed E-state index contributed by atoms with van der Waals surface area (Å²) in [5.74, 6) is 0. The van der Waals surface area contributed by atoms with Crippen LogP contribution in [0.25, 0.3) is 0 Å². The highest BCUT2D eigenvalue weighted by atomic mass is 35.5.